The maximum Gasteiger partial charge on any atom is 0.305 e. The van der Waals surface area contributed by atoms with Gasteiger partial charge in [0.1, 0.15) is 11.6 Å². The maximum absolute atomic E-state index is 12.9. The number of sulfonamides is 1. The van der Waals surface area contributed by atoms with Crippen molar-refractivity contribution in [1.82, 2.24) is 9.71 Å². The Kier molecular flexibility index (Phi) is 9.66. The Hall–Kier alpha value is -3.87. The van der Waals surface area contributed by atoms with Crippen LogP contribution in [0.3, 0.4) is 0 Å². The molecular weight excluding hydrogens is 466 g/mol. The number of hydrogen-bond acceptors (Lipinski definition) is 6. The Balaban J connectivity index is 1.55. The highest BCUT2D eigenvalue weighted by atomic mass is 32.2. The average molecular weight is 494 g/mol. The second-order valence-electron chi connectivity index (χ2n) is 7.58. The number of nitrogens with zero attached hydrogens (tertiary/aromatic N) is 1. The van der Waals surface area contributed by atoms with Gasteiger partial charge in [0, 0.05) is 24.4 Å². The molecule has 3 N–H and O–H groups in total. The van der Waals surface area contributed by atoms with E-state index in [4.69, 9.17) is 4.74 Å². The van der Waals surface area contributed by atoms with E-state index in [0.717, 1.165) is 25.2 Å². The van der Waals surface area contributed by atoms with Gasteiger partial charge in [-0.2, -0.15) is 4.72 Å². The molecule has 1 heterocycles. The van der Waals surface area contributed by atoms with E-state index >= 15 is 0 Å². The van der Waals surface area contributed by atoms with E-state index in [1.807, 2.05) is 24.3 Å². The summed E-state index contributed by atoms with van der Waals surface area (Å²) in [6, 6.07) is 19.6. The van der Waals surface area contributed by atoms with Crippen LogP contribution in [0, 0.1) is 11.8 Å². The molecule has 9 heteroatoms. The molecule has 0 fully saturated rings. The molecule has 0 aliphatic rings. The number of carboxylic acid groups (broad SMARTS) is 1. The van der Waals surface area contributed by atoms with Gasteiger partial charge < -0.3 is 15.2 Å². The minimum atomic E-state index is -4.01. The fourth-order valence-corrected chi connectivity index (χ4v) is 4.26. The Morgan fingerprint density at radius 1 is 1.03 bits per heavy atom. The number of carboxylic acids is 1. The number of aromatic nitrogens is 1. The number of unbranched alkanes of at least 4 members (excludes halogenated alkanes) is 1. The highest BCUT2D eigenvalue weighted by molar-refractivity contribution is 7.89. The third-order valence-corrected chi connectivity index (χ3v) is 6.24. The van der Waals surface area contributed by atoms with Gasteiger partial charge in [0.25, 0.3) is 0 Å². The largest absolute Gasteiger partial charge is 0.494 e. The second kappa shape index (κ2) is 13.1. The molecule has 0 spiro atoms. The number of pyridine rings is 1. The van der Waals surface area contributed by atoms with Gasteiger partial charge in [-0.3, -0.25) is 4.79 Å². The molecule has 1 atom stereocenters. The monoisotopic (exact) mass is 493 g/mol. The van der Waals surface area contributed by atoms with Crippen molar-refractivity contribution in [1.29, 1.82) is 0 Å². The molecule has 35 heavy (non-hydrogen) atoms. The molecule has 8 nitrogen and oxygen atoms in total. The lowest BCUT2D eigenvalue weighted by molar-refractivity contribution is -0.137. The zero-order valence-electron chi connectivity index (χ0n) is 19.1. The van der Waals surface area contributed by atoms with Crippen LogP contribution in [0.15, 0.2) is 83.9 Å². The minimum Gasteiger partial charge on any atom is -0.494 e. The molecule has 0 aliphatic carbocycles. The van der Waals surface area contributed by atoms with Crippen molar-refractivity contribution in [3.8, 4) is 17.6 Å². The molecule has 0 aliphatic heterocycles. The summed E-state index contributed by atoms with van der Waals surface area (Å²) in [4.78, 5) is 15.4. The molecule has 0 unspecified atom stereocenters. The number of aliphatic carboxylic acids is 1. The van der Waals surface area contributed by atoms with Crippen LogP contribution in [0.4, 0.5) is 5.82 Å². The van der Waals surface area contributed by atoms with Crippen LogP contribution < -0.4 is 14.8 Å². The molecule has 3 rings (SSSR count). The van der Waals surface area contributed by atoms with Crippen LogP contribution in [0.5, 0.6) is 5.75 Å². The van der Waals surface area contributed by atoms with E-state index in [-0.39, 0.29) is 4.90 Å². The van der Waals surface area contributed by atoms with Gasteiger partial charge in [0.2, 0.25) is 10.0 Å². The van der Waals surface area contributed by atoms with Gasteiger partial charge in [0.05, 0.1) is 24.0 Å². The Morgan fingerprint density at radius 3 is 2.57 bits per heavy atom. The second-order valence-corrected chi connectivity index (χ2v) is 9.29. The van der Waals surface area contributed by atoms with Crippen molar-refractivity contribution in [2.24, 2.45) is 0 Å². The average Bonchev–Trinajstić information content (AvgIpc) is 2.85. The van der Waals surface area contributed by atoms with Crippen LogP contribution in [0.2, 0.25) is 0 Å². The number of carbonyl (C=O) groups is 1. The maximum atomic E-state index is 12.9. The number of anilines is 1. The summed E-state index contributed by atoms with van der Waals surface area (Å²) in [6.07, 6.45) is 2.88. The summed E-state index contributed by atoms with van der Waals surface area (Å²) in [7, 11) is -4.01. The first-order chi connectivity index (χ1) is 16.9. The third kappa shape index (κ3) is 9.12. The summed E-state index contributed by atoms with van der Waals surface area (Å²) in [6.45, 7) is 1.17. The van der Waals surface area contributed by atoms with E-state index in [2.05, 4.69) is 26.9 Å². The number of hydrogen-bond donors (Lipinski definition) is 3. The fraction of sp³-hybridized carbons (Fsp3) is 0.231. The van der Waals surface area contributed by atoms with Crippen LogP contribution in [0.1, 0.15) is 24.8 Å². The smallest absolute Gasteiger partial charge is 0.305 e. The van der Waals surface area contributed by atoms with Gasteiger partial charge in [-0.15, -0.1) is 0 Å². The first-order valence-corrected chi connectivity index (χ1v) is 12.6. The lowest BCUT2D eigenvalue weighted by Gasteiger charge is -2.13. The van der Waals surface area contributed by atoms with E-state index in [1.165, 1.54) is 12.1 Å². The van der Waals surface area contributed by atoms with Crippen molar-refractivity contribution >= 4 is 21.8 Å². The zero-order chi connectivity index (χ0) is 24.9. The first kappa shape index (κ1) is 25.7. The molecule has 0 radical (unpaired) electrons. The molecule has 1 aromatic heterocycles. The van der Waals surface area contributed by atoms with Gasteiger partial charge in [-0.05, 0) is 49.2 Å². The van der Waals surface area contributed by atoms with Crippen LogP contribution >= 0.6 is 0 Å². The van der Waals surface area contributed by atoms with Crippen molar-refractivity contribution in [3.63, 3.8) is 0 Å². The highest BCUT2D eigenvalue weighted by Gasteiger charge is 2.21. The molecule has 0 amide bonds. The van der Waals surface area contributed by atoms with Gasteiger partial charge in [0.15, 0.2) is 0 Å². The zero-order valence-corrected chi connectivity index (χ0v) is 19.9. The van der Waals surface area contributed by atoms with Crippen LogP contribution in [-0.2, 0) is 14.8 Å². The van der Waals surface area contributed by atoms with Gasteiger partial charge in [-0.1, -0.05) is 42.2 Å². The fourth-order valence-electron chi connectivity index (χ4n) is 3.08. The number of benzene rings is 2. The molecule has 0 saturated carbocycles. The van der Waals surface area contributed by atoms with Crippen LogP contribution in [0.25, 0.3) is 0 Å². The molecular formula is C26H27N3O5S. The van der Waals surface area contributed by atoms with Gasteiger partial charge >= 0.3 is 5.97 Å². The normalized spacial score (nSPS) is 11.7. The lowest BCUT2D eigenvalue weighted by atomic mass is 10.2. The van der Waals surface area contributed by atoms with E-state index in [9.17, 15) is 18.3 Å². The summed E-state index contributed by atoms with van der Waals surface area (Å²) in [5.41, 5.74) is 0.660. The number of rotatable bonds is 12. The first-order valence-electron chi connectivity index (χ1n) is 11.1. The number of nitrogens with one attached hydrogen (secondary N) is 2. The molecule has 182 valence electrons. The summed E-state index contributed by atoms with van der Waals surface area (Å²) < 4.78 is 33.9. The van der Waals surface area contributed by atoms with Crippen molar-refractivity contribution in [3.05, 3.63) is 84.6 Å². The van der Waals surface area contributed by atoms with Crippen molar-refractivity contribution < 1.29 is 23.1 Å². The highest BCUT2D eigenvalue weighted by Crippen LogP contribution is 2.18. The van der Waals surface area contributed by atoms with Crippen molar-refractivity contribution in [2.45, 2.75) is 30.2 Å². The molecule has 0 saturated heterocycles. The summed E-state index contributed by atoms with van der Waals surface area (Å²) in [5.74, 6) is 5.60. The molecule has 0 bridgehead atoms. The predicted octanol–water partition coefficient (Wildman–Crippen LogP) is 3.53. The number of ether oxygens (including phenoxy) is 1. The van der Waals surface area contributed by atoms with E-state index in [1.54, 1.807) is 42.6 Å². The molecule has 2 aromatic carbocycles. The standard InChI is InChI=1S/C26H27N3O5S/c30-26(31)19-22(15-14-21-9-2-1-3-10-21)29-35(32,33)24-12-8-11-23(20-24)34-18-7-6-17-28-25-13-4-5-16-27-25/h1-5,8-13,16,20,22,29H,6-7,17-19H2,(H,27,28)(H,30,31)/t22-/m0/s1. The van der Waals surface area contributed by atoms with Gasteiger partial charge in [-0.25, -0.2) is 13.4 Å². The Morgan fingerprint density at radius 2 is 1.83 bits per heavy atom. The van der Waals surface area contributed by atoms with Crippen molar-refractivity contribution in [2.75, 3.05) is 18.5 Å². The topological polar surface area (TPSA) is 118 Å². The Labute approximate surface area is 205 Å². The Bertz CT molecular complexity index is 1260. The van der Waals surface area contributed by atoms with Crippen LogP contribution in [-0.4, -0.2) is 43.7 Å². The van der Waals surface area contributed by atoms with E-state index in [0.29, 0.717) is 17.9 Å². The minimum absolute atomic E-state index is 0.0243. The predicted molar refractivity (Wildman–Crippen MR) is 134 cm³/mol. The SMILES string of the molecule is O=C(O)C[C@H](C#Cc1ccccc1)NS(=O)(=O)c1cccc(OCCCCNc2ccccn2)c1. The quantitative estimate of drug-likeness (QED) is 0.261. The summed E-state index contributed by atoms with van der Waals surface area (Å²) in [5, 5.41) is 12.4. The third-order valence-electron chi connectivity index (χ3n) is 4.77. The summed E-state index contributed by atoms with van der Waals surface area (Å²) >= 11 is 0. The van der Waals surface area contributed by atoms with E-state index < -0.39 is 28.5 Å². The molecule has 3 aromatic rings. The lowest BCUT2D eigenvalue weighted by Crippen LogP contribution is -2.35.